The molecule has 1 aromatic rings. The van der Waals surface area contributed by atoms with Gasteiger partial charge in [0.2, 0.25) is 0 Å². The summed E-state index contributed by atoms with van der Waals surface area (Å²) < 4.78 is 9.84. The van der Waals surface area contributed by atoms with Gasteiger partial charge in [-0.25, -0.2) is 0 Å². The molecule has 0 N–H and O–H groups in total. The maximum atomic E-state index is 11.5. The van der Waals surface area contributed by atoms with Gasteiger partial charge in [-0.05, 0) is 30.7 Å². The third-order valence-corrected chi connectivity index (χ3v) is 2.01. The van der Waals surface area contributed by atoms with Crippen LogP contribution in [-0.2, 0) is 4.74 Å². The summed E-state index contributed by atoms with van der Waals surface area (Å²) in [6.45, 7) is 2.00. The molecule has 0 spiro atoms. The molecule has 76 valence electrons. The van der Waals surface area contributed by atoms with Crippen molar-refractivity contribution in [2.45, 2.75) is 6.92 Å². The number of rotatable bonds is 4. The van der Waals surface area contributed by atoms with E-state index in [1.165, 1.54) is 7.11 Å². The molecule has 3 heteroatoms. The predicted octanol–water partition coefficient (Wildman–Crippen LogP) is 1.83. The van der Waals surface area contributed by atoms with Crippen LogP contribution in [0.1, 0.15) is 15.9 Å². The zero-order chi connectivity index (χ0) is 10.6. The lowest BCUT2D eigenvalue weighted by atomic mass is 10.1. The Kier molecular flexibility index (Phi) is 3.65. The molecule has 0 fully saturated rings. The largest absolute Gasteiger partial charge is 0.497 e. The van der Waals surface area contributed by atoms with E-state index in [4.69, 9.17) is 9.47 Å². The molecule has 0 aliphatic carbocycles. The number of benzene rings is 1. The van der Waals surface area contributed by atoms with Gasteiger partial charge in [0.25, 0.3) is 0 Å². The van der Waals surface area contributed by atoms with Gasteiger partial charge in [0.05, 0.1) is 7.11 Å². The lowest BCUT2D eigenvalue weighted by molar-refractivity contribution is 0.0847. The Balaban J connectivity index is 2.94. The average Bonchev–Trinajstić information content (AvgIpc) is 2.17. The molecule has 0 aromatic heterocycles. The molecule has 3 nitrogen and oxygen atoms in total. The van der Waals surface area contributed by atoms with Crippen LogP contribution in [0.4, 0.5) is 0 Å². The van der Waals surface area contributed by atoms with Crippen LogP contribution in [0, 0.1) is 6.92 Å². The van der Waals surface area contributed by atoms with Crippen molar-refractivity contribution in [2.75, 3.05) is 20.8 Å². The monoisotopic (exact) mass is 194 g/mol. The number of ether oxygens (including phenoxy) is 2. The molecule has 0 saturated carbocycles. The van der Waals surface area contributed by atoms with Crippen LogP contribution in [0.5, 0.6) is 5.75 Å². The highest BCUT2D eigenvalue weighted by Gasteiger charge is 2.08. The summed E-state index contributed by atoms with van der Waals surface area (Å²) in [4.78, 5) is 11.5. The van der Waals surface area contributed by atoms with Gasteiger partial charge in [-0.15, -0.1) is 0 Å². The van der Waals surface area contributed by atoms with Crippen molar-refractivity contribution in [2.24, 2.45) is 0 Å². The predicted molar refractivity (Wildman–Crippen MR) is 53.9 cm³/mol. The van der Waals surface area contributed by atoms with Crippen molar-refractivity contribution in [3.63, 3.8) is 0 Å². The molecule has 0 aliphatic rings. The molecule has 0 bridgehead atoms. The van der Waals surface area contributed by atoms with Gasteiger partial charge >= 0.3 is 0 Å². The first-order valence-electron chi connectivity index (χ1n) is 4.36. The normalized spacial score (nSPS) is 9.93. The number of aryl methyl sites for hydroxylation is 1. The van der Waals surface area contributed by atoms with E-state index in [1.54, 1.807) is 19.2 Å². The van der Waals surface area contributed by atoms with E-state index < -0.39 is 0 Å². The maximum absolute atomic E-state index is 11.5. The number of carbonyl (C=O) groups excluding carboxylic acids is 1. The molecular formula is C11H14O3. The van der Waals surface area contributed by atoms with E-state index in [1.807, 2.05) is 13.0 Å². The van der Waals surface area contributed by atoms with E-state index >= 15 is 0 Å². The van der Waals surface area contributed by atoms with Crippen molar-refractivity contribution in [3.8, 4) is 5.75 Å². The first-order chi connectivity index (χ1) is 6.69. The van der Waals surface area contributed by atoms with E-state index in [9.17, 15) is 4.79 Å². The van der Waals surface area contributed by atoms with Crippen molar-refractivity contribution in [3.05, 3.63) is 29.3 Å². The van der Waals surface area contributed by atoms with Crippen molar-refractivity contribution in [1.29, 1.82) is 0 Å². The van der Waals surface area contributed by atoms with Crippen molar-refractivity contribution in [1.82, 2.24) is 0 Å². The number of hydrogen-bond acceptors (Lipinski definition) is 3. The minimum Gasteiger partial charge on any atom is -0.497 e. The fourth-order valence-corrected chi connectivity index (χ4v) is 1.28. The van der Waals surface area contributed by atoms with Gasteiger partial charge in [-0.2, -0.15) is 0 Å². The third kappa shape index (κ3) is 2.33. The Morgan fingerprint density at radius 3 is 2.57 bits per heavy atom. The Morgan fingerprint density at radius 2 is 2.07 bits per heavy atom. The van der Waals surface area contributed by atoms with Gasteiger partial charge in [-0.1, -0.05) is 0 Å². The molecule has 1 aromatic carbocycles. The second kappa shape index (κ2) is 4.77. The minimum atomic E-state index is -0.00680. The van der Waals surface area contributed by atoms with Gasteiger partial charge < -0.3 is 9.47 Å². The lowest BCUT2D eigenvalue weighted by Crippen LogP contribution is -2.08. The quantitative estimate of drug-likeness (QED) is 0.686. The average molecular weight is 194 g/mol. The Bertz CT molecular complexity index is 331. The van der Waals surface area contributed by atoms with Crippen LogP contribution in [0.15, 0.2) is 18.2 Å². The summed E-state index contributed by atoms with van der Waals surface area (Å²) in [7, 11) is 3.11. The molecule has 0 heterocycles. The number of ketones is 1. The number of methoxy groups -OCH3 is 2. The van der Waals surface area contributed by atoms with Crippen molar-refractivity contribution < 1.29 is 14.3 Å². The van der Waals surface area contributed by atoms with E-state index in [0.29, 0.717) is 5.56 Å². The summed E-state index contributed by atoms with van der Waals surface area (Å²) >= 11 is 0. The van der Waals surface area contributed by atoms with Gasteiger partial charge in [0.15, 0.2) is 5.78 Å². The second-order valence-electron chi connectivity index (χ2n) is 3.04. The Morgan fingerprint density at radius 1 is 1.36 bits per heavy atom. The molecule has 0 radical (unpaired) electrons. The first kappa shape index (κ1) is 10.7. The summed E-state index contributed by atoms with van der Waals surface area (Å²) in [5, 5.41) is 0. The van der Waals surface area contributed by atoms with E-state index in [-0.39, 0.29) is 12.4 Å². The fraction of sp³-hybridized carbons (Fsp3) is 0.364. The van der Waals surface area contributed by atoms with Gasteiger partial charge in [0.1, 0.15) is 12.4 Å². The smallest absolute Gasteiger partial charge is 0.188 e. The number of hydrogen-bond donors (Lipinski definition) is 0. The summed E-state index contributed by atoms with van der Waals surface area (Å²) in [5.74, 6) is 0.754. The van der Waals surface area contributed by atoms with Crippen LogP contribution in [0.3, 0.4) is 0 Å². The summed E-state index contributed by atoms with van der Waals surface area (Å²) in [5.41, 5.74) is 1.60. The SMILES string of the molecule is COCC(=O)c1ccc(OC)cc1C. The van der Waals surface area contributed by atoms with Gasteiger partial charge in [-0.3, -0.25) is 4.79 Å². The van der Waals surface area contributed by atoms with Crippen molar-refractivity contribution >= 4 is 5.78 Å². The first-order valence-corrected chi connectivity index (χ1v) is 4.36. The van der Waals surface area contributed by atoms with E-state index in [0.717, 1.165) is 11.3 Å². The van der Waals surface area contributed by atoms with Crippen LogP contribution in [0.2, 0.25) is 0 Å². The van der Waals surface area contributed by atoms with Crippen LogP contribution >= 0.6 is 0 Å². The fourth-order valence-electron chi connectivity index (χ4n) is 1.28. The standard InChI is InChI=1S/C11H14O3/c1-8-6-9(14-3)4-5-10(8)11(12)7-13-2/h4-6H,7H2,1-3H3. The molecule has 0 amide bonds. The minimum absolute atomic E-state index is 0.00680. The second-order valence-corrected chi connectivity index (χ2v) is 3.04. The Hall–Kier alpha value is -1.35. The van der Waals surface area contributed by atoms with E-state index in [2.05, 4.69) is 0 Å². The summed E-state index contributed by atoms with van der Waals surface area (Å²) in [6.07, 6.45) is 0. The lowest BCUT2D eigenvalue weighted by Gasteiger charge is -2.06. The Labute approximate surface area is 83.6 Å². The molecule has 0 saturated heterocycles. The zero-order valence-electron chi connectivity index (χ0n) is 8.66. The molecule has 14 heavy (non-hydrogen) atoms. The number of Topliss-reactive ketones (excluding diaryl/α,β-unsaturated/α-hetero) is 1. The maximum Gasteiger partial charge on any atom is 0.188 e. The van der Waals surface area contributed by atoms with Crippen LogP contribution in [-0.4, -0.2) is 26.6 Å². The highest BCUT2D eigenvalue weighted by Crippen LogP contribution is 2.17. The summed E-state index contributed by atoms with van der Waals surface area (Å²) in [6, 6.07) is 5.37. The van der Waals surface area contributed by atoms with Crippen LogP contribution in [0.25, 0.3) is 0 Å². The highest BCUT2D eigenvalue weighted by atomic mass is 16.5. The highest BCUT2D eigenvalue weighted by molar-refractivity contribution is 5.98. The zero-order valence-corrected chi connectivity index (χ0v) is 8.66. The molecule has 0 atom stereocenters. The van der Waals surface area contributed by atoms with Crippen LogP contribution < -0.4 is 4.74 Å². The number of carbonyl (C=O) groups is 1. The molecule has 1 rings (SSSR count). The third-order valence-electron chi connectivity index (χ3n) is 2.01. The molecular weight excluding hydrogens is 180 g/mol. The molecule has 0 unspecified atom stereocenters. The van der Waals surface area contributed by atoms with Gasteiger partial charge in [0, 0.05) is 12.7 Å². The molecule has 0 aliphatic heterocycles. The topological polar surface area (TPSA) is 35.5 Å².